The Bertz CT molecular complexity index is 1080. The third-order valence-corrected chi connectivity index (χ3v) is 6.15. The van der Waals surface area contributed by atoms with Crippen molar-refractivity contribution in [3.8, 4) is 17.2 Å². The highest BCUT2D eigenvalue weighted by Gasteiger charge is 2.36. The van der Waals surface area contributed by atoms with E-state index >= 15 is 0 Å². The minimum absolute atomic E-state index is 0.0504. The molecule has 2 aliphatic carbocycles. The Labute approximate surface area is 183 Å². The minimum atomic E-state index is -0.138. The summed E-state index contributed by atoms with van der Waals surface area (Å²) >= 11 is 0. The van der Waals surface area contributed by atoms with Crippen LogP contribution in [0.4, 0.5) is 0 Å². The average molecular weight is 421 g/mol. The monoisotopic (exact) mass is 420 g/mol. The number of hydrogen-bond acceptors (Lipinski definition) is 5. The van der Waals surface area contributed by atoms with Crippen LogP contribution in [0.25, 0.3) is 0 Å². The molecule has 2 atom stereocenters. The minimum Gasteiger partial charge on any atom is -0.500 e. The molecule has 2 unspecified atom stereocenters. The van der Waals surface area contributed by atoms with Crippen LogP contribution in [-0.4, -0.2) is 35.5 Å². The standard InChI is InChI=1S/C26H28O5/c1-15-9-18(28-3)13-23(30-5)21-10-16-7-8-17(27-2)11-20(16)25(15)26-22(21)12-19(29-4)14-24(26)31-6/h7-9,11-14,21,25H,1,10H2,2-6H3/b18-9+,23-13+. The van der Waals surface area contributed by atoms with Crippen LogP contribution in [0.3, 0.4) is 0 Å². The number of methoxy groups -OCH3 is 5. The van der Waals surface area contributed by atoms with Crippen LogP contribution < -0.4 is 14.2 Å². The Balaban J connectivity index is 2.13. The molecule has 2 aromatic rings. The van der Waals surface area contributed by atoms with E-state index in [2.05, 4.69) is 24.8 Å². The first-order valence-corrected chi connectivity index (χ1v) is 10.2. The summed E-state index contributed by atoms with van der Waals surface area (Å²) < 4.78 is 28.6. The maximum absolute atomic E-state index is 5.90. The van der Waals surface area contributed by atoms with Crippen LogP contribution >= 0.6 is 0 Å². The summed E-state index contributed by atoms with van der Waals surface area (Å²) in [6.45, 7) is 4.44. The van der Waals surface area contributed by atoms with Crippen molar-refractivity contribution in [2.45, 2.75) is 18.3 Å². The molecule has 2 bridgehead atoms. The second-order valence-corrected chi connectivity index (χ2v) is 7.66. The van der Waals surface area contributed by atoms with Gasteiger partial charge in [-0.05, 0) is 53.0 Å². The smallest absolute Gasteiger partial charge is 0.127 e. The summed E-state index contributed by atoms with van der Waals surface area (Å²) in [5.74, 6) is 3.61. The molecule has 5 heteroatoms. The number of ether oxygens (including phenoxy) is 5. The molecule has 2 aromatic carbocycles. The third kappa shape index (κ3) is 3.54. The number of allylic oxidation sites excluding steroid dienone is 4. The molecule has 2 aliphatic rings. The highest BCUT2D eigenvalue weighted by atomic mass is 16.5. The lowest BCUT2D eigenvalue weighted by molar-refractivity contribution is 0.253. The summed E-state index contributed by atoms with van der Waals surface area (Å²) in [6.07, 6.45) is 4.67. The fraction of sp³-hybridized carbons (Fsp3) is 0.308. The van der Waals surface area contributed by atoms with E-state index in [4.69, 9.17) is 23.7 Å². The first kappa shape index (κ1) is 20.9. The van der Waals surface area contributed by atoms with Crippen molar-refractivity contribution in [3.63, 3.8) is 0 Å². The van der Waals surface area contributed by atoms with Crippen molar-refractivity contribution in [2.75, 3.05) is 35.5 Å². The SMILES string of the molecule is C=C1/C=C(OC)\C=C(\OC)C2Cc3ccc(OC)cc3C1c1c(OC)cc(OC)cc12. The fourth-order valence-electron chi connectivity index (χ4n) is 4.65. The van der Waals surface area contributed by atoms with Crippen LogP contribution in [0.1, 0.15) is 34.1 Å². The summed E-state index contributed by atoms with van der Waals surface area (Å²) in [6, 6.07) is 10.2. The van der Waals surface area contributed by atoms with Crippen LogP contribution in [0, 0.1) is 0 Å². The maximum Gasteiger partial charge on any atom is 0.127 e. The highest BCUT2D eigenvalue weighted by Crippen LogP contribution is 2.51. The largest absolute Gasteiger partial charge is 0.500 e. The Morgan fingerprint density at radius 3 is 2.16 bits per heavy atom. The molecule has 0 aliphatic heterocycles. The number of hydrogen-bond donors (Lipinski definition) is 0. The molecule has 0 heterocycles. The van der Waals surface area contributed by atoms with E-state index in [1.807, 2.05) is 24.3 Å². The first-order valence-electron chi connectivity index (χ1n) is 10.2. The zero-order valence-electron chi connectivity index (χ0n) is 18.7. The van der Waals surface area contributed by atoms with Gasteiger partial charge in [-0.1, -0.05) is 12.6 Å². The van der Waals surface area contributed by atoms with Crippen LogP contribution in [0.15, 0.2) is 66.2 Å². The molecule has 0 spiro atoms. The van der Waals surface area contributed by atoms with Crippen molar-refractivity contribution in [1.82, 2.24) is 0 Å². The average Bonchev–Trinajstić information content (AvgIpc) is 2.91. The highest BCUT2D eigenvalue weighted by molar-refractivity contribution is 5.63. The predicted octanol–water partition coefficient (Wildman–Crippen LogP) is 5.11. The molecular weight excluding hydrogens is 392 g/mol. The van der Waals surface area contributed by atoms with Gasteiger partial charge in [0.25, 0.3) is 0 Å². The Hall–Kier alpha value is -3.34. The van der Waals surface area contributed by atoms with E-state index in [9.17, 15) is 0 Å². The molecule has 162 valence electrons. The second-order valence-electron chi connectivity index (χ2n) is 7.66. The third-order valence-electron chi connectivity index (χ3n) is 6.15. The summed E-state index contributed by atoms with van der Waals surface area (Å²) in [4.78, 5) is 0. The summed E-state index contributed by atoms with van der Waals surface area (Å²) in [5, 5.41) is 0. The predicted molar refractivity (Wildman–Crippen MR) is 120 cm³/mol. The van der Waals surface area contributed by atoms with Gasteiger partial charge in [-0.2, -0.15) is 0 Å². The molecule has 0 radical (unpaired) electrons. The molecule has 5 nitrogen and oxygen atoms in total. The van der Waals surface area contributed by atoms with Crippen molar-refractivity contribution in [2.24, 2.45) is 0 Å². The van der Waals surface area contributed by atoms with Crippen molar-refractivity contribution < 1.29 is 23.7 Å². The van der Waals surface area contributed by atoms with Gasteiger partial charge in [-0.25, -0.2) is 0 Å². The lowest BCUT2D eigenvalue weighted by Crippen LogP contribution is -2.11. The summed E-state index contributed by atoms with van der Waals surface area (Å²) in [5.41, 5.74) is 5.40. The fourth-order valence-corrected chi connectivity index (χ4v) is 4.65. The molecule has 4 rings (SSSR count). The van der Waals surface area contributed by atoms with Crippen LogP contribution in [0.2, 0.25) is 0 Å². The van der Waals surface area contributed by atoms with Crippen LogP contribution in [0.5, 0.6) is 17.2 Å². The van der Waals surface area contributed by atoms with Gasteiger partial charge in [0.2, 0.25) is 0 Å². The van der Waals surface area contributed by atoms with Gasteiger partial charge in [-0.3, -0.25) is 0 Å². The molecule has 31 heavy (non-hydrogen) atoms. The molecule has 0 saturated carbocycles. The van der Waals surface area contributed by atoms with Gasteiger partial charge in [0.15, 0.2) is 0 Å². The number of benzene rings is 2. The van der Waals surface area contributed by atoms with E-state index in [-0.39, 0.29) is 11.8 Å². The number of rotatable bonds is 5. The molecule has 0 saturated heterocycles. The molecular formula is C26H28O5. The lowest BCUT2D eigenvalue weighted by atomic mass is 9.81. The number of fused-ring (bicyclic) bond motifs is 2. The van der Waals surface area contributed by atoms with Crippen LogP contribution in [-0.2, 0) is 15.9 Å². The summed E-state index contributed by atoms with van der Waals surface area (Å²) in [7, 11) is 8.38. The molecule has 0 amide bonds. The molecule has 0 N–H and O–H groups in total. The van der Waals surface area contributed by atoms with E-state index in [0.29, 0.717) is 5.76 Å². The van der Waals surface area contributed by atoms with Gasteiger partial charge in [0, 0.05) is 29.5 Å². The van der Waals surface area contributed by atoms with Gasteiger partial charge in [0.05, 0.1) is 35.5 Å². The van der Waals surface area contributed by atoms with Gasteiger partial charge in [-0.15, -0.1) is 0 Å². The van der Waals surface area contributed by atoms with E-state index in [0.717, 1.165) is 51.7 Å². The van der Waals surface area contributed by atoms with Gasteiger partial charge >= 0.3 is 0 Å². The zero-order chi connectivity index (χ0) is 22.1. The Morgan fingerprint density at radius 1 is 0.774 bits per heavy atom. The zero-order valence-corrected chi connectivity index (χ0v) is 18.7. The molecule has 0 aromatic heterocycles. The van der Waals surface area contributed by atoms with E-state index < -0.39 is 0 Å². The first-order chi connectivity index (χ1) is 15.0. The molecule has 0 fully saturated rings. The quantitative estimate of drug-likeness (QED) is 0.672. The normalized spacial score (nSPS) is 22.8. The van der Waals surface area contributed by atoms with E-state index in [1.165, 1.54) is 5.56 Å². The lowest BCUT2D eigenvalue weighted by Gasteiger charge is -2.25. The topological polar surface area (TPSA) is 46.2 Å². The second kappa shape index (κ2) is 8.42. The maximum atomic E-state index is 5.90. The Morgan fingerprint density at radius 2 is 1.52 bits per heavy atom. The van der Waals surface area contributed by atoms with Gasteiger partial charge < -0.3 is 23.7 Å². The van der Waals surface area contributed by atoms with Crippen molar-refractivity contribution in [3.05, 3.63) is 88.4 Å². The van der Waals surface area contributed by atoms with E-state index in [1.54, 1.807) is 35.5 Å². The van der Waals surface area contributed by atoms with Crippen molar-refractivity contribution >= 4 is 0 Å². The van der Waals surface area contributed by atoms with Crippen molar-refractivity contribution in [1.29, 1.82) is 0 Å². The van der Waals surface area contributed by atoms with Gasteiger partial charge in [0.1, 0.15) is 28.8 Å². The Kier molecular flexibility index (Phi) is 5.68.